The van der Waals surface area contributed by atoms with E-state index < -0.39 is 0 Å². The highest BCUT2D eigenvalue weighted by atomic mass is 16.5. The van der Waals surface area contributed by atoms with Crippen molar-refractivity contribution >= 4 is 5.82 Å². The van der Waals surface area contributed by atoms with E-state index in [0.717, 1.165) is 17.4 Å². The summed E-state index contributed by atoms with van der Waals surface area (Å²) < 4.78 is 10.4. The molecule has 2 unspecified atom stereocenters. The first-order chi connectivity index (χ1) is 11.7. The van der Waals surface area contributed by atoms with E-state index in [1.54, 1.807) is 13.3 Å². The maximum Gasteiger partial charge on any atom is 0.319 e. The third-order valence-corrected chi connectivity index (χ3v) is 5.23. The number of ether oxygens (including phenoxy) is 2. The van der Waals surface area contributed by atoms with Gasteiger partial charge in [0.1, 0.15) is 11.5 Å². The number of aromatic nitrogens is 4. The fraction of sp³-hybridized carbons (Fsp3) is 0.529. The maximum atomic E-state index is 6.09. The van der Waals surface area contributed by atoms with Crippen LogP contribution in [0.5, 0.6) is 11.9 Å². The van der Waals surface area contributed by atoms with E-state index in [1.165, 1.54) is 32.8 Å². The molecule has 2 aliphatic carbocycles. The van der Waals surface area contributed by atoms with Crippen LogP contribution in [0.2, 0.25) is 0 Å². The Bertz CT molecular complexity index is 763. The Labute approximate surface area is 140 Å². The number of hydrogen-bond acceptors (Lipinski definition) is 7. The second-order valence-corrected chi connectivity index (χ2v) is 6.55. The number of nitrogens with two attached hydrogens (primary N) is 1. The standard InChI is InChI=1S/C17H21N5O2/c1-23-16-13(8-19-17(20-16)24-2)14-7-12(15(18)22-21-14)11-6-10(11)9-4-3-5-9/h7-11H,3-6H2,1-2H3,(H2,18,22). The lowest BCUT2D eigenvalue weighted by Gasteiger charge is -2.25. The molecule has 2 saturated carbocycles. The summed E-state index contributed by atoms with van der Waals surface area (Å²) in [6, 6.07) is 2.27. The summed E-state index contributed by atoms with van der Waals surface area (Å²) >= 11 is 0. The van der Waals surface area contributed by atoms with Gasteiger partial charge in [0.05, 0.1) is 19.8 Å². The van der Waals surface area contributed by atoms with Gasteiger partial charge in [-0.25, -0.2) is 4.98 Å². The highest BCUT2D eigenvalue weighted by Gasteiger charge is 2.46. The number of nitrogens with zero attached hydrogens (tertiary/aromatic N) is 4. The summed E-state index contributed by atoms with van der Waals surface area (Å²) in [4.78, 5) is 8.36. The van der Waals surface area contributed by atoms with E-state index >= 15 is 0 Å². The van der Waals surface area contributed by atoms with Gasteiger partial charge in [-0.2, -0.15) is 4.98 Å². The molecule has 2 aromatic rings. The van der Waals surface area contributed by atoms with Gasteiger partial charge in [-0.1, -0.05) is 19.3 Å². The second-order valence-electron chi connectivity index (χ2n) is 6.55. The molecule has 7 nitrogen and oxygen atoms in total. The van der Waals surface area contributed by atoms with Crippen molar-refractivity contribution in [2.45, 2.75) is 31.6 Å². The SMILES string of the molecule is COc1ncc(-c2cc(C3CC3C3CCC3)c(N)nn2)c(OC)n1. The van der Waals surface area contributed by atoms with Crippen LogP contribution in [-0.4, -0.2) is 34.4 Å². The van der Waals surface area contributed by atoms with Crippen LogP contribution in [0.3, 0.4) is 0 Å². The Morgan fingerprint density at radius 1 is 1.17 bits per heavy atom. The first kappa shape index (κ1) is 15.1. The topological polar surface area (TPSA) is 96.0 Å². The van der Waals surface area contributed by atoms with E-state index in [4.69, 9.17) is 15.2 Å². The molecule has 0 spiro atoms. The predicted molar refractivity (Wildman–Crippen MR) is 88.8 cm³/mol. The molecule has 2 N–H and O–H groups in total. The molecule has 2 atom stereocenters. The van der Waals surface area contributed by atoms with Gasteiger partial charge in [0.2, 0.25) is 5.88 Å². The fourth-order valence-corrected chi connectivity index (χ4v) is 3.59. The van der Waals surface area contributed by atoms with Crippen LogP contribution in [-0.2, 0) is 0 Å². The third-order valence-electron chi connectivity index (χ3n) is 5.23. The minimum absolute atomic E-state index is 0.256. The molecular formula is C17H21N5O2. The summed E-state index contributed by atoms with van der Waals surface area (Å²) in [7, 11) is 3.08. The predicted octanol–water partition coefficient (Wildman–Crippen LogP) is 2.44. The highest BCUT2D eigenvalue weighted by molar-refractivity contribution is 5.66. The quantitative estimate of drug-likeness (QED) is 0.901. The molecular weight excluding hydrogens is 306 g/mol. The van der Waals surface area contributed by atoms with Crippen molar-refractivity contribution in [1.82, 2.24) is 20.2 Å². The van der Waals surface area contributed by atoms with Gasteiger partial charge in [0.15, 0.2) is 0 Å². The summed E-state index contributed by atoms with van der Waals surface area (Å²) in [5.41, 5.74) is 8.55. The third kappa shape index (κ3) is 2.53. The van der Waals surface area contributed by atoms with Gasteiger partial charge >= 0.3 is 6.01 Å². The van der Waals surface area contributed by atoms with Crippen molar-refractivity contribution in [3.63, 3.8) is 0 Å². The largest absolute Gasteiger partial charge is 0.480 e. The summed E-state index contributed by atoms with van der Waals surface area (Å²) in [6.45, 7) is 0. The van der Waals surface area contributed by atoms with E-state index in [1.807, 2.05) is 6.07 Å². The molecule has 0 amide bonds. The van der Waals surface area contributed by atoms with Gasteiger partial charge in [0, 0.05) is 11.8 Å². The summed E-state index contributed by atoms with van der Waals surface area (Å²) in [5, 5.41) is 8.37. The van der Waals surface area contributed by atoms with Gasteiger partial charge in [-0.3, -0.25) is 0 Å². The minimum atomic E-state index is 0.256. The van der Waals surface area contributed by atoms with Crippen LogP contribution in [0.4, 0.5) is 5.82 Å². The Kier molecular flexibility index (Phi) is 3.70. The van der Waals surface area contributed by atoms with Crippen molar-refractivity contribution in [1.29, 1.82) is 0 Å². The molecule has 7 heteroatoms. The fourth-order valence-electron chi connectivity index (χ4n) is 3.59. The molecule has 126 valence electrons. The minimum Gasteiger partial charge on any atom is -0.480 e. The Hall–Kier alpha value is -2.44. The molecule has 4 rings (SSSR count). The van der Waals surface area contributed by atoms with Crippen LogP contribution < -0.4 is 15.2 Å². The second kappa shape index (κ2) is 5.89. The number of rotatable bonds is 5. The van der Waals surface area contributed by atoms with Crippen LogP contribution in [0.25, 0.3) is 11.3 Å². The molecule has 2 aliphatic rings. The normalized spacial score (nSPS) is 22.8. The van der Waals surface area contributed by atoms with Crippen molar-refractivity contribution in [3.05, 3.63) is 17.8 Å². The van der Waals surface area contributed by atoms with Crippen molar-refractivity contribution in [2.75, 3.05) is 20.0 Å². The van der Waals surface area contributed by atoms with Crippen LogP contribution in [0.1, 0.15) is 37.2 Å². The van der Waals surface area contributed by atoms with Crippen LogP contribution in [0.15, 0.2) is 12.3 Å². The zero-order valence-corrected chi connectivity index (χ0v) is 13.9. The molecule has 2 fully saturated rings. The molecule has 24 heavy (non-hydrogen) atoms. The molecule has 2 aromatic heterocycles. The number of anilines is 1. The Morgan fingerprint density at radius 3 is 2.67 bits per heavy atom. The smallest absolute Gasteiger partial charge is 0.319 e. The molecule has 0 saturated heterocycles. The zero-order valence-electron chi connectivity index (χ0n) is 13.9. The lowest BCUT2D eigenvalue weighted by molar-refractivity contribution is 0.273. The average Bonchev–Trinajstić information content (AvgIpc) is 3.33. The van der Waals surface area contributed by atoms with Crippen molar-refractivity contribution < 1.29 is 9.47 Å². The van der Waals surface area contributed by atoms with Crippen LogP contribution in [0, 0.1) is 11.8 Å². The molecule has 0 aliphatic heterocycles. The van der Waals surface area contributed by atoms with Crippen LogP contribution >= 0.6 is 0 Å². The van der Waals surface area contributed by atoms with Gasteiger partial charge in [-0.05, 0) is 30.2 Å². The summed E-state index contributed by atoms with van der Waals surface area (Å²) in [6.07, 6.45) is 6.92. The molecule has 0 bridgehead atoms. The van der Waals surface area contributed by atoms with E-state index in [-0.39, 0.29) is 6.01 Å². The molecule has 2 heterocycles. The monoisotopic (exact) mass is 327 g/mol. The highest BCUT2D eigenvalue weighted by Crippen LogP contribution is 2.58. The lowest BCUT2D eigenvalue weighted by Crippen LogP contribution is -2.14. The van der Waals surface area contributed by atoms with E-state index in [9.17, 15) is 0 Å². The Balaban J connectivity index is 1.66. The first-order valence-electron chi connectivity index (χ1n) is 8.29. The number of methoxy groups -OCH3 is 2. The Morgan fingerprint density at radius 2 is 2.00 bits per heavy atom. The van der Waals surface area contributed by atoms with Gasteiger partial charge in [-0.15, -0.1) is 10.2 Å². The van der Waals surface area contributed by atoms with Crippen molar-refractivity contribution in [2.24, 2.45) is 11.8 Å². The first-order valence-corrected chi connectivity index (χ1v) is 8.29. The summed E-state index contributed by atoms with van der Waals surface area (Å²) in [5.74, 6) is 3.07. The molecule has 0 aromatic carbocycles. The number of nitrogen functional groups attached to an aromatic ring is 1. The zero-order chi connectivity index (χ0) is 16.7. The molecule has 0 radical (unpaired) electrons. The van der Waals surface area contributed by atoms with Gasteiger partial charge < -0.3 is 15.2 Å². The van der Waals surface area contributed by atoms with E-state index in [2.05, 4.69) is 20.2 Å². The number of hydrogen-bond donors (Lipinski definition) is 1. The van der Waals surface area contributed by atoms with Gasteiger partial charge in [0.25, 0.3) is 0 Å². The van der Waals surface area contributed by atoms with Crippen molar-refractivity contribution in [3.8, 4) is 23.1 Å². The lowest BCUT2D eigenvalue weighted by atomic mass is 9.80. The van der Waals surface area contributed by atoms with E-state index in [0.29, 0.717) is 28.9 Å². The maximum absolute atomic E-state index is 6.09. The average molecular weight is 327 g/mol.